The van der Waals surface area contributed by atoms with E-state index in [2.05, 4.69) is 0 Å². The maximum Gasteiger partial charge on any atom is 0.371 e. The summed E-state index contributed by atoms with van der Waals surface area (Å²) in [6.45, 7) is 1.98. The van der Waals surface area contributed by atoms with Crippen LogP contribution in [0.1, 0.15) is 21.9 Å². The van der Waals surface area contributed by atoms with Crippen molar-refractivity contribution in [1.82, 2.24) is 9.13 Å². The summed E-state index contributed by atoms with van der Waals surface area (Å²) in [5.41, 5.74) is 0.540. The van der Waals surface area contributed by atoms with E-state index in [1.807, 2.05) is 0 Å². The van der Waals surface area contributed by atoms with E-state index in [1.165, 1.54) is 15.2 Å². The van der Waals surface area contributed by atoms with Crippen molar-refractivity contribution in [2.45, 2.75) is 13.5 Å². The Morgan fingerprint density at radius 1 is 1.47 bits per heavy atom. The van der Waals surface area contributed by atoms with Gasteiger partial charge in [-0.05, 0) is 13.0 Å². The summed E-state index contributed by atoms with van der Waals surface area (Å²) < 4.78 is 8.01. The number of aromatic carboxylic acids is 1. The topological polar surface area (TPSA) is 77.4 Å². The standard InChI is InChI=1S/C11H12N2O4/c1-7-8(5-9(17-7)10(14)15)6-13-4-3-12(2)11(13)16/h3-5H,6H2,1-2H3,(H,14,15). The van der Waals surface area contributed by atoms with E-state index in [1.54, 1.807) is 26.4 Å². The molecule has 90 valence electrons. The number of hydrogen-bond acceptors (Lipinski definition) is 3. The van der Waals surface area contributed by atoms with Crippen LogP contribution < -0.4 is 5.69 Å². The maximum atomic E-state index is 11.6. The second kappa shape index (κ2) is 3.97. The molecular weight excluding hydrogens is 224 g/mol. The van der Waals surface area contributed by atoms with Crippen molar-refractivity contribution >= 4 is 5.97 Å². The smallest absolute Gasteiger partial charge is 0.371 e. The lowest BCUT2D eigenvalue weighted by atomic mass is 10.2. The van der Waals surface area contributed by atoms with Crippen molar-refractivity contribution in [3.05, 3.63) is 46.0 Å². The van der Waals surface area contributed by atoms with E-state index < -0.39 is 5.97 Å². The number of imidazole rings is 1. The summed E-state index contributed by atoms with van der Waals surface area (Å²) in [5, 5.41) is 8.78. The maximum absolute atomic E-state index is 11.6. The molecule has 6 nitrogen and oxygen atoms in total. The number of nitrogens with zero attached hydrogens (tertiary/aromatic N) is 2. The van der Waals surface area contributed by atoms with Gasteiger partial charge in [0.1, 0.15) is 5.76 Å². The Balaban J connectivity index is 2.33. The van der Waals surface area contributed by atoms with Gasteiger partial charge >= 0.3 is 11.7 Å². The van der Waals surface area contributed by atoms with Gasteiger partial charge in [-0.15, -0.1) is 0 Å². The lowest BCUT2D eigenvalue weighted by Crippen LogP contribution is -2.22. The minimum atomic E-state index is -1.11. The lowest BCUT2D eigenvalue weighted by molar-refractivity contribution is 0.0661. The molecule has 17 heavy (non-hydrogen) atoms. The third kappa shape index (κ3) is 2.01. The molecule has 0 amide bonds. The quantitative estimate of drug-likeness (QED) is 0.856. The molecule has 2 rings (SSSR count). The van der Waals surface area contributed by atoms with Gasteiger partial charge in [-0.3, -0.25) is 4.57 Å². The van der Waals surface area contributed by atoms with Gasteiger partial charge in [0, 0.05) is 25.0 Å². The highest BCUT2D eigenvalue weighted by Gasteiger charge is 2.14. The number of carboxylic acid groups (broad SMARTS) is 1. The van der Waals surface area contributed by atoms with Gasteiger partial charge < -0.3 is 14.1 Å². The predicted octanol–water partition coefficient (Wildman–Crippen LogP) is 0.835. The summed E-state index contributed by atoms with van der Waals surface area (Å²) in [7, 11) is 1.66. The summed E-state index contributed by atoms with van der Waals surface area (Å²) in [4.78, 5) is 22.3. The second-order valence-electron chi connectivity index (χ2n) is 3.82. The molecule has 0 unspecified atom stereocenters. The Kier molecular flexibility index (Phi) is 2.63. The third-order valence-electron chi connectivity index (χ3n) is 2.59. The number of rotatable bonds is 3. The summed E-state index contributed by atoms with van der Waals surface area (Å²) in [6.07, 6.45) is 3.30. The highest BCUT2D eigenvalue weighted by molar-refractivity contribution is 5.84. The van der Waals surface area contributed by atoms with Crippen molar-refractivity contribution in [3.63, 3.8) is 0 Å². The molecule has 0 radical (unpaired) electrons. The van der Waals surface area contributed by atoms with E-state index in [0.717, 1.165) is 0 Å². The van der Waals surface area contributed by atoms with Gasteiger partial charge in [-0.25, -0.2) is 9.59 Å². The number of aromatic nitrogens is 2. The number of carbonyl (C=O) groups is 1. The van der Waals surface area contributed by atoms with Gasteiger partial charge in [0.05, 0.1) is 6.54 Å². The average Bonchev–Trinajstić information content (AvgIpc) is 2.77. The fourth-order valence-electron chi connectivity index (χ4n) is 1.60. The van der Waals surface area contributed by atoms with E-state index >= 15 is 0 Å². The Bertz CT molecular complexity index is 618. The number of carboxylic acids is 1. The fraction of sp³-hybridized carbons (Fsp3) is 0.273. The Labute approximate surface area is 96.7 Å². The van der Waals surface area contributed by atoms with Gasteiger partial charge in [0.2, 0.25) is 5.76 Å². The van der Waals surface area contributed by atoms with Crippen LogP contribution in [-0.2, 0) is 13.6 Å². The SMILES string of the molecule is Cc1oc(C(=O)O)cc1Cn1ccn(C)c1=O. The van der Waals surface area contributed by atoms with Crippen LogP contribution in [0.5, 0.6) is 0 Å². The highest BCUT2D eigenvalue weighted by Crippen LogP contribution is 2.15. The molecule has 1 N–H and O–H groups in total. The monoisotopic (exact) mass is 236 g/mol. The molecular formula is C11H12N2O4. The summed E-state index contributed by atoms with van der Waals surface area (Å²) >= 11 is 0. The zero-order chi connectivity index (χ0) is 12.6. The van der Waals surface area contributed by atoms with E-state index in [9.17, 15) is 9.59 Å². The molecule has 0 aliphatic heterocycles. The van der Waals surface area contributed by atoms with Crippen molar-refractivity contribution in [3.8, 4) is 0 Å². The molecule has 0 aliphatic carbocycles. The number of hydrogen-bond donors (Lipinski definition) is 1. The summed E-state index contributed by atoms with van der Waals surface area (Å²) in [6, 6.07) is 1.44. The molecule has 0 atom stereocenters. The lowest BCUT2D eigenvalue weighted by Gasteiger charge is -1.98. The van der Waals surface area contributed by atoms with E-state index in [4.69, 9.17) is 9.52 Å². The second-order valence-corrected chi connectivity index (χ2v) is 3.82. The molecule has 0 aliphatic rings. The van der Waals surface area contributed by atoms with Crippen LogP contribution >= 0.6 is 0 Å². The number of furan rings is 1. The van der Waals surface area contributed by atoms with Gasteiger partial charge in [-0.1, -0.05) is 0 Å². The van der Waals surface area contributed by atoms with Crippen LogP contribution in [0, 0.1) is 6.92 Å². The zero-order valence-electron chi connectivity index (χ0n) is 9.51. The first kappa shape index (κ1) is 11.3. The van der Waals surface area contributed by atoms with Crippen molar-refractivity contribution < 1.29 is 14.3 Å². The Morgan fingerprint density at radius 3 is 2.65 bits per heavy atom. The van der Waals surface area contributed by atoms with Crippen molar-refractivity contribution in [1.29, 1.82) is 0 Å². The molecule has 2 aromatic heterocycles. The highest BCUT2D eigenvalue weighted by atomic mass is 16.4. The normalized spacial score (nSPS) is 10.7. The van der Waals surface area contributed by atoms with Gasteiger partial charge in [0.15, 0.2) is 0 Å². The largest absolute Gasteiger partial charge is 0.475 e. The van der Waals surface area contributed by atoms with Crippen LogP contribution in [0.3, 0.4) is 0 Å². The predicted molar refractivity (Wildman–Crippen MR) is 59.2 cm³/mol. The first-order valence-corrected chi connectivity index (χ1v) is 5.03. The first-order valence-electron chi connectivity index (χ1n) is 5.03. The van der Waals surface area contributed by atoms with Crippen LogP contribution in [0.4, 0.5) is 0 Å². The van der Waals surface area contributed by atoms with Crippen LogP contribution in [0.25, 0.3) is 0 Å². The van der Waals surface area contributed by atoms with Crippen molar-refractivity contribution in [2.75, 3.05) is 0 Å². The molecule has 6 heteroatoms. The molecule has 0 spiro atoms. The Hall–Kier alpha value is -2.24. The molecule has 0 aromatic carbocycles. The first-order chi connectivity index (χ1) is 7.99. The molecule has 2 heterocycles. The van der Waals surface area contributed by atoms with Crippen LogP contribution in [-0.4, -0.2) is 20.2 Å². The van der Waals surface area contributed by atoms with E-state index in [0.29, 0.717) is 17.9 Å². The average molecular weight is 236 g/mol. The minimum absolute atomic E-state index is 0.110. The molecule has 0 saturated heterocycles. The Morgan fingerprint density at radius 2 is 2.18 bits per heavy atom. The third-order valence-corrected chi connectivity index (χ3v) is 2.59. The fourth-order valence-corrected chi connectivity index (χ4v) is 1.60. The minimum Gasteiger partial charge on any atom is -0.475 e. The molecule has 0 bridgehead atoms. The summed E-state index contributed by atoms with van der Waals surface area (Å²) in [5.74, 6) is -0.709. The van der Waals surface area contributed by atoms with Crippen molar-refractivity contribution in [2.24, 2.45) is 7.05 Å². The molecule has 2 aromatic rings. The molecule has 0 saturated carbocycles. The van der Waals surface area contributed by atoms with Crippen LogP contribution in [0.2, 0.25) is 0 Å². The van der Waals surface area contributed by atoms with Gasteiger partial charge in [-0.2, -0.15) is 0 Å². The number of aryl methyl sites for hydroxylation is 2. The zero-order valence-corrected chi connectivity index (χ0v) is 9.51. The molecule has 0 fully saturated rings. The van der Waals surface area contributed by atoms with Gasteiger partial charge in [0.25, 0.3) is 0 Å². The van der Waals surface area contributed by atoms with Crippen LogP contribution in [0.15, 0.2) is 27.7 Å². The van der Waals surface area contributed by atoms with E-state index in [-0.39, 0.29) is 11.4 Å².